The molecule has 0 radical (unpaired) electrons. The number of halogens is 1. The van der Waals surface area contributed by atoms with Crippen molar-refractivity contribution in [3.63, 3.8) is 0 Å². The first-order valence-electron chi connectivity index (χ1n) is 13.4. The molecule has 1 aliphatic rings. The van der Waals surface area contributed by atoms with Crippen LogP contribution in [0.2, 0.25) is 18.1 Å². The molecule has 3 atom stereocenters. The number of para-hydroxylation sites is 1. The summed E-state index contributed by atoms with van der Waals surface area (Å²) >= 11 is 3.55. The van der Waals surface area contributed by atoms with E-state index in [9.17, 15) is 9.90 Å². The lowest BCUT2D eigenvalue weighted by Gasteiger charge is -2.46. The van der Waals surface area contributed by atoms with Gasteiger partial charge >= 0.3 is 6.09 Å². The van der Waals surface area contributed by atoms with Crippen LogP contribution in [0.4, 0.5) is 4.79 Å². The van der Waals surface area contributed by atoms with E-state index in [0.29, 0.717) is 19.5 Å². The summed E-state index contributed by atoms with van der Waals surface area (Å²) < 4.78 is 15.5. The van der Waals surface area contributed by atoms with Gasteiger partial charge in [0.05, 0.1) is 36.6 Å². The summed E-state index contributed by atoms with van der Waals surface area (Å²) in [6.45, 7) is 12.3. The van der Waals surface area contributed by atoms with Gasteiger partial charge in [0.1, 0.15) is 12.1 Å². The number of amides is 1. The van der Waals surface area contributed by atoms with Crippen molar-refractivity contribution in [1.82, 2.24) is 14.5 Å². The predicted octanol–water partition coefficient (Wildman–Crippen LogP) is 6.74. The topological polar surface area (TPSA) is 76.8 Å². The fourth-order valence-corrected chi connectivity index (χ4v) is 6.64. The van der Waals surface area contributed by atoms with Gasteiger partial charge < -0.3 is 23.7 Å². The zero-order valence-corrected chi connectivity index (χ0v) is 25.6. The summed E-state index contributed by atoms with van der Waals surface area (Å²) in [5, 5.41) is 11.3. The molecule has 1 N–H and O–H groups in total. The van der Waals surface area contributed by atoms with Gasteiger partial charge in [0.2, 0.25) is 0 Å². The molecule has 1 fully saturated rings. The molecule has 1 unspecified atom stereocenters. The number of piperidine rings is 1. The second-order valence-corrected chi connectivity index (χ2v) is 17.4. The summed E-state index contributed by atoms with van der Waals surface area (Å²) in [7, 11) is -2.11. The van der Waals surface area contributed by atoms with Crippen LogP contribution in [-0.2, 0) is 22.3 Å². The van der Waals surface area contributed by atoms with Crippen LogP contribution >= 0.6 is 15.9 Å². The average molecular weight is 603 g/mol. The average Bonchev–Trinajstić information content (AvgIpc) is 3.27. The maximum atomic E-state index is 13.4. The number of likely N-dealkylation sites (tertiary alicyclic amines) is 1. The molecule has 9 heteroatoms. The molecule has 1 aromatic heterocycles. The van der Waals surface area contributed by atoms with Gasteiger partial charge in [-0.25, -0.2) is 9.78 Å². The Kier molecular flexibility index (Phi) is 9.02. The Balaban J connectivity index is 1.53. The molecular formula is C29H40BrN3O4Si. The molecule has 7 nitrogen and oxygen atoms in total. The number of rotatable bonds is 8. The number of nitrogens with zero attached hydrogens (tertiary/aromatic N) is 3. The second-order valence-electron chi connectivity index (χ2n) is 11.8. The zero-order valence-electron chi connectivity index (χ0n) is 23.1. The van der Waals surface area contributed by atoms with Crippen molar-refractivity contribution in [3.05, 3.63) is 64.9 Å². The molecule has 206 valence electrons. The van der Waals surface area contributed by atoms with Crippen LogP contribution in [0.1, 0.15) is 45.6 Å². The van der Waals surface area contributed by atoms with Crippen LogP contribution in [0.5, 0.6) is 0 Å². The lowest BCUT2D eigenvalue weighted by molar-refractivity contribution is -0.0128. The highest BCUT2D eigenvalue weighted by Gasteiger charge is 2.44. The Morgan fingerprint density at radius 3 is 2.63 bits per heavy atom. The van der Waals surface area contributed by atoms with Crippen LogP contribution in [0.25, 0.3) is 11.0 Å². The maximum absolute atomic E-state index is 13.4. The van der Waals surface area contributed by atoms with Crippen molar-refractivity contribution in [1.29, 1.82) is 0 Å². The highest BCUT2D eigenvalue weighted by atomic mass is 79.9. The summed E-state index contributed by atoms with van der Waals surface area (Å²) in [5.74, 6) is 0. The SMILES string of the molecule is CC(C)(C)[Si](C)(C)O[C@H]1CCCN(C(=O)OCc2ccccc2)[C@@H]1CC(O)Cn1cnc2c(Br)cccc21. The van der Waals surface area contributed by atoms with Gasteiger partial charge in [-0.2, -0.15) is 0 Å². The molecule has 0 spiro atoms. The van der Waals surface area contributed by atoms with Gasteiger partial charge in [-0.1, -0.05) is 57.2 Å². The first-order chi connectivity index (χ1) is 18.0. The van der Waals surface area contributed by atoms with E-state index in [1.165, 1.54) is 0 Å². The van der Waals surface area contributed by atoms with E-state index in [0.717, 1.165) is 33.9 Å². The van der Waals surface area contributed by atoms with E-state index >= 15 is 0 Å². The molecule has 1 saturated heterocycles. The van der Waals surface area contributed by atoms with Crippen LogP contribution in [-0.4, -0.2) is 58.8 Å². The molecule has 0 bridgehead atoms. The Morgan fingerprint density at radius 1 is 1.18 bits per heavy atom. The first kappa shape index (κ1) is 28.8. The van der Waals surface area contributed by atoms with Crippen LogP contribution < -0.4 is 0 Å². The fourth-order valence-electron chi connectivity index (χ4n) is 4.80. The van der Waals surface area contributed by atoms with Crippen molar-refractivity contribution < 1.29 is 19.1 Å². The van der Waals surface area contributed by atoms with E-state index in [1.807, 2.05) is 53.1 Å². The number of aliphatic hydroxyl groups excluding tert-OH is 1. The number of ether oxygens (including phenoxy) is 1. The standard InChI is InChI=1S/C29H40BrN3O4Si/c1-29(2,3)38(4,5)37-26-15-10-16-33(28(35)36-19-21-11-7-6-8-12-21)25(26)17-22(34)18-32-20-31-27-23(30)13-9-14-24(27)32/h6-9,11-14,20,22,25-26,34H,10,15-19H2,1-5H3/t22?,25-,26+/m1/s1. The number of aromatic nitrogens is 2. The summed E-state index contributed by atoms with van der Waals surface area (Å²) in [5.41, 5.74) is 2.76. The minimum atomic E-state index is -2.11. The lowest BCUT2D eigenvalue weighted by atomic mass is 9.94. The molecule has 2 heterocycles. The highest BCUT2D eigenvalue weighted by molar-refractivity contribution is 9.10. The number of benzene rings is 2. The van der Waals surface area contributed by atoms with Gasteiger partial charge in [-0.3, -0.25) is 0 Å². The molecule has 0 aliphatic carbocycles. The van der Waals surface area contributed by atoms with E-state index < -0.39 is 14.4 Å². The molecule has 1 amide bonds. The fraction of sp³-hybridized carbons (Fsp3) is 0.517. The normalized spacial score (nSPS) is 19.5. The number of imidazole rings is 1. The highest BCUT2D eigenvalue weighted by Crippen LogP contribution is 2.40. The van der Waals surface area contributed by atoms with E-state index in [4.69, 9.17) is 9.16 Å². The van der Waals surface area contributed by atoms with Crippen molar-refractivity contribution in [3.8, 4) is 0 Å². The van der Waals surface area contributed by atoms with Gasteiger partial charge in [-0.15, -0.1) is 0 Å². The minimum Gasteiger partial charge on any atom is -0.445 e. The van der Waals surface area contributed by atoms with Crippen molar-refractivity contribution >= 4 is 41.4 Å². The second kappa shape index (κ2) is 11.9. The number of aliphatic hydroxyl groups is 1. The van der Waals surface area contributed by atoms with E-state index in [2.05, 4.69) is 54.8 Å². The first-order valence-corrected chi connectivity index (χ1v) is 17.1. The third-order valence-corrected chi connectivity index (χ3v) is 13.1. The van der Waals surface area contributed by atoms with Crippen molar-refractivity contribution in [2.24, 2.45) is 0 Å². The number of hydrogen-bond acceptors (Lipinski definition) is 5. The van der Waals surface area contributed by atoms with Crippen LogP contribution in [0.3, 0.4) is 0 Å². The molecule has 3 aromatic rings. The Morgan fingerprint density at radius 2 is 1.92 bits per heavy atom. The molecular weight excluding hydrogens is 562 g/mol. The number of fused-ring (bicyclic) bond motifs is 1. The van der Waals surface area contributed by atoms with Crippen LogP contribution in [0, 0.1) is 0 Å². The molecule has 38 heavy (non-hydrogen) atoms. The Bertz CT molecular complexity index is 1230. The molecule has 1 aliphatic heterocycles. The van der Waals surface area contributed by atoms with Gasteiger partial charge in [-0.05, 0) is 71.0 Å². The quantitative estimate of drug-likeness (QED) is 0.289. The lowest BCUT2D eigenvalue weighted by Crippen LogP contribution is -2.57. The van der Waals surface area contributed by atoms with E-state index in [-0.39, 0.29) is 29.9 Å². The predicted molar refractivity (Wildman–Crippen MR) is 156 cm³/mol. The molecule has 4 rings (SSSR count). The minimum absolute atomic E-state index is 0.0371. The monoisotopic (exact) mass is 601 g/mol. The molecule has 2 aromatic carbocycles. The van der Waals surface area contributed by atoms with Gasteiger partial charge in [0.15, 0.2) is 8.32 Å². The Hall–Kier alpha value is -2.20. The van der Waals surface area contributed by atoms with E-state index in [1.54, 1.807) is 11.2 Å². The Labute approximate surface area is 235 Å². The number of hydrogen-bond donors (Lipinski definition) is 1. The summed E-state index contributed by atoms with van der Waals surface area (Å²) in [6, 6.07) is 15.3. The maximum Gasteiger partial charge on any atom is 0.410 e. The van der Waals surface area contributed by atoms with Crippen molar-refractivity contribution in [2.75, 3.05) is 6.54 Å². The third-order valence-electron chi connectivity index (χ3n) is 7.93. The van der Waals surface area contributed by atoms with Crippen LogP contribution in [0.15, 0.2) is 59.3 Å². The van der Waals surface area contributed by atoms with Gasteiger partial charge in [0.25, 0.3) is 0 Å². The number of carbonyl (C=O) groups excluding carboxylic acids is 1. The summed E-state index contributed by atoms with van der Waals surface area (Å²) in [6.07, 6.45) is 2.65. The van der Waals surface area contributed by atoms with Crippen molar-refractivity contribution in [2.45, 2.75) is 89.6 Å². The third kappa shape index (κ3) is 6.68. The van der Waals surface area contributed by atoms with Gasteiger partial charge in [0, 0.05) is 11.0 Å². The zero-order chi connectivity index (χ0) is 27.5. The number of carbonyl (C=O) groups is 1. The largest absolute Gasteiger partial charge is 0.445 e. The molecule has 0 saturated carbocycles. The summed E-state index contributed by atoms with van der Waals surface area (Å²) in [4.78, 5) is 19.7. The smallest absolute Gasteiger partial charge is 0.410 e.